The van der Waals surface area contributed by atoms with Gasteiger partial charge in [0.05, 0.1) is 19.1 Å². The van der Waals surface area contributed by atoms with Crippen molar-refractivity contribution in [1.82, 2.24) is 5.32 Å². The van der Waals surface area contributed by atoms with Crippen molar-refractivity contribution in [3.63, 3.8) is 0 Å². The fraction of sp³-hybridized carbons (Fsp3) is 0.588. The van der Waals surface area contributed by atoms with E-state index in [0.29, 0.717) is 19.4 Å². The third-order valence-electron chi connectivity index (χ3n) is 4.37. The number of methoxy groups -OCH3 is 1. The molecule has 24 heavy (non-hydrogen) atoms. The lowest BCUT2D eigenvalue weighted by atomic mass is 9.80. The average Bonchev–Trinajstić information content (AvgIpc) is 2.54. The number of hydrogen-bond donors (Lipinski definition) is 1. The van der Waals surface area contributed by atoms with Crippen LogP contribution in [0.3, 0.4) is 0 Å². The van der Waals surface area contributed by atoms with Crippen LogP contribution in [0, 0.1) is 16.0 Å². The number of amides is 1. The molecule has 1 aromatic carbocycles. The van der Waals surface area contributed by atoms with Gasteiger partial charge in [-0.1, -0.05) is 30.3 Å². The second-order valence-corrected chi connectivity index (χ2v) is 6.18. The minimum Gasteiger partial charge on any atom is -0.376 e. The predicted octanol–water partition coefficient (Wildman–Crippen LogP) is 1.78. The normalized spacial score (nSPS) is 26.8. The van der Waals surface area contributed by atoms with Crippen molar-refractivity contribution >= 4 is 5.91 Å². The molecule has 1 amide bonds. The number of carbonyl (C=O) groups is 1. The lowest BCUT2D eigenvalue weighted by Gasteiger charge is -2.36. The van der Waals surface area contributed by atoms with Crippen molar-refractivity contribution in [2.24, 2.45) is 5.92 Å². The molecule has 2 rings (SSSR count). The molecule has 1 aliphatic rings. The van der Waals surface area contributed by atoms with Crippen LogP contribution in [0.25, 0.3) is 0 Å². The quantitative estimate of drug-likeness (QED) is 0.605. The maximum Gasteiger partial charge on any atom is 0.243 e. The fourth-order valence-corrected chi connectivity index (χ4v) is 3.34. The highest BCUT2D eigenvalue weighted by molar-refractivity contribution is 5.73. The van der Waals surface area contributed by atoms with E-state index in [-0.39, 0.29) is 29.4 Å². The van der Waals surface area contributed by atoms with Crippen molar-refractivity contribution in [3.05, 3.63) is 46.0 Å². The summed E-state index contributed by atoms with van der Waals surface area (Å²) in [6.45, 7) is 2.11. The first-order valence-electron chi connectivity index (χ1n) is 8.06. The van der Waals surface area contributed by atoms with Gasteiger partial charge >= 0.3 is 0 Å². The van der Waals surface area contributed by atoms with Gasteiger partial charge in [-0.05, 0) is 12.0 Å². The molecule has 0 unspecified atom stereocenters. The molecular formula is C17H24N2O5. The van der Waals surface area contributed by atoms with Gasteiger partial charge in [0.2, 0.25) is 11.9 Å². The van der Waals surface area contributed by atoms with Crippen LogP contribution in [0.1, 0.15) is 25.3 Å². The number of ether oxygens (including phenoxy) is 2. The Balaban J connectivity index is 2.00. The summed E-state index contributed by atoms with van der Waals surface area (Å²) in [7, 11) is 1.47. The molecule has 1 aliphatic carbocycles. The van der Waals surface area contributed by atoms with E-state index in [1.54, 1.807) is 0 Å². The molecule has 0 saturated heterocycles. The minimum atomic E-state index is -0.823. The Morgan fingerprint density at radius 1 is 1.33 bits per heavy atom. The number of nitrogens with one attached hydrogen (secondary N) is 1. The van der Waals surface area contributed by atoms with Gasteiger partial charge in [-0.2, -0.15) is 0 Å². The maximum absolute atomic E-state index is 11.5. The number of carbonyl (C=O) groups excluding carboxylic acids is 1. The van der Waals surface area contributed by atoms with Crippen LogP contribution in [0.15, 0.2) is 30.3 Å². The standard InChI is InChI=1S/C17H24N2O5/c1-12(20)18-15-8-14(17(19(21)22)16(9-15)23-2)11-24-10-13-6-4-3-5-7-13/h3-7,14-17H,8-11H2,1-2H3,(H,18,20)/t14-,15+,16-,17-/m0/s1. The van der Waals surface area contributed by atoms with Crippen molar-refractivity contribution in [3.8, 4) is 0 Å². The Labute approximate surface area is 141 Å². The summed E-state index contributed by atoms with van der Waals surface area (Å²) in [5, 5.41) is 14.3. The van der Waals surface area contributed by atoms with Crippen molar-refractivity contribution < 1.29 is 19.2 Å². The summed E-state index contributed by atoms with van der Waals surface area (Å²) in [6, 6.07) is 8.71. The number of rotatable bonds is 7. The molecule has 0 aromatic heterocycles. The van der Waals surface area contributed by atoms with E-state index in [1.807, 2.05) is 30.3 Å². The number of nitro groups is 1. The van der Waals surface area contributed by atoms with Gasteiger partial charge in [0.1, 0.15) is 6.10 Å². The number of hydrogen-bond acceptors (Lipinski definition) is 5. The topological polar surface area (TPSA) is 90.7 Å². The van der Waals surface area contributed by atoms with Crippen LogP contribution in [-0.2, 0) is 20.9 Å². The molecule has 7 nitrogen and oxygen atoms in total. The van der Waals surface area contributed by atoms with E-state index in [4.69, 9.17) is 9.47 Å². The Kier molecular flexibility index (Phi) is 6.69. The zero-order valence-electron chi connectivity index (χ0n) is 14.0. The van der Waals surface area contributed by atoms with Gasteiger partial charge in [0.25, 0.3) is 0 Å². The summed E-state index contributed by atoms with van der Waals surface area (Å²) in [5.41, 5.74) is 1.02. The highest BCUT2D eigenvalue weighted by atomic mass is 16.6. The predicted molar refractivity (Wildman–Crippen MR) is 88.0 cm³/mol. The molecule has 1 fully saturated rings. The molecule has 7 heteroatoms. The molecule has 0 aliphatic heterocycles. The average molecular weight is 336 g/mol. The van der Waals surface area contributed by atoms with Crippen LogP contribution in [0.2, 0.25) is 0 Å². The zero-order chi connectivity index (χ0) is 17.5. The maximum atomic E-state index is 11.5. The van der Waals surface area contributed by atoms with Gasteiger partial charge in [-0.15, -0.1) is 0 Å². The first-order valence-corrected chi connectivity index (χ1v) is 8.06. The summed E-state index contributed by atoms with van der Waals surface area (Å²) in [6.07, 6.45) is 0.424. The second-order valence-electron chi connectivity index (χ2n) is 6.18. The number of nitrogens with zero attached hydrogens (tertiary/aromatic N) is 1. The second kappa shape index (κ2) is 8.75. The molecule has 0 spiro atoms. The lowest BCUT2D eigenvalue weighted by molar-refractivity contribution is -0.549. The Morgan fingerprint density at radius 2 is 2.04 bits per heavy atom. The molecule has 1 aromatic rings. The molecule has 1 N–H and O–H groups in total. The molecule has 0 heterocycles. The van der Waals surface area contributed by atoms with E-state index >= 15 is 0 Å². The Hall–Kier alpha value is -1.99. The first kappa shape index (κ1) is 18.4. The van der Waals surface area contributed by atoms with Gasteiger partial charge in [-0.3, -0.25) is 14.9 Å². The van der Waals surface area contributed by atoms with Crippen LogP contribution >= 0.6 is 0 Å². The van der Waals surface area contributed by atoms with Gasteiger partial charge in [0.15, 0.2) is 0 Å². The van der Waals surface area contributed by atoms with Gasteiger partial charge < -0.3 is 14.8 Å². The highest BCUT2D eigenvalue weighted by Crippen LogP contribution is 2.29. The fourth-order valence-electron chi connectivity index (χ4n) is 3.34. The molecule has 132 valence electrons. The van der Waals surface area contributed by atoms with E-state index in [1.165, 1.54) is 14.0 Å². The summed E-state index contributed by atoms with van der Waals surface area (Å²) in [4.78, 5) is 22.5. The summed E-state index contributed by atoms with van der Waals surface area (Å²) >= 11 is 0. The van der Waals surface area contributed by atoms with Crippen molar-refractivity contribution in [2.45, 2.75) is 44.6 Å². The highest BCUT2D eigenvalue weighted by Gasteiger charge is 2.46. The Bertz CT molecular complexity index is 551. The first-order chi connectivity index (χ1) is 11.5. The summed E-state index contributed by atoms with van der Waals surface area (Å²) in [5.74, 6) is -0.447. The molecule has 0 bridgehead atoms. The van der Waals surface area contributed by atoms with E-state index in [0.717, 1.165) is 5.56 Å². The van der Waals surface area contributed by atoms with Gasteiger partial charge in [-0.25, -0.2) is 0 Å². The van der Waals surface area contributed by atoms with Crippen molar-refractivity contribution in [1.29, 1.82) is 0 Å². The zero-order valence-corrected chi connectivity index (χ0v) is 14.0. The summed E-state index contributed by atoms with van der Waals surface area (Å²) < 4.78 is 11.0. The largest absolute Gasteiger partial charge is 0.376 e. The van der Waals surface area contributed by atoms with Gasteiger partial charge in [0, 0.05) is 31.4 Å². The molecule has 0 radical (unpaired) electrons. The molecular weight excluding hydrogens is 312 g/mol. The SMILES string of the molecule is CO[C@H]1C[C@H](NC(C)=O)C[C@@H](COCc2ccccc2)[C@@H]1[N+](=O)[O-]. The monoisotopic (exact) mass is 336 g/mol. The number of benzene rings is 1. The Morgan fingerprint density at radius 3 is 2.62 bits per heavy atom. The smallest absolute Gasteiger partial charge is 0.243 e. The van der Waals surface area contributed by atoms with E-state index in [9.17, 15) is 14.9 Å². The van der Waals surface area contributed by atoms with Crippen molar-refractivity contribution in [2.75, 3.05) is 13.7 Å². The van der Waals surface area contributed by atoms with Crippen LogP contribution in [0.4, 0.5) is 0 Å². The minimum absolute atomic E-state index is 0.131. The third kappa shape index (κ3) is 5.01. The third-order valence-corrected chi connectivity index (χ3v) is 4.37. The van der Waals surface area contributed by atoms with Crippen LogP contribution in [0.5, 0.6) is 0 Å². The van der Waals surface area contributed by atoms with Crippen LogP contribution < -0.4 is 5.32 Å². The van der Waals surface area contributed by atoms with Crippen LogP contribution in [-0.4, -0.2) is 42.7 Å². The molecule has 1 saturated carbocycles. The lowest BCUT2D eigenvalue weighted by Crippen LogP contribution is -2.53. The van der Waals surface area contributed by atoms with E-state index in [2.05, 4.69) is 5.32 Å². The molecule has 4 atom stereocenters. The van der Waals surface area contributed by atoms with E-state index < -0.39 is 12.1 Å².